The second-order valence-corrected chi connectivity index (χ2v) is 23.3. The summed E-state index contributed by atoms with van der Waals surface area (Å²) in [4.78, 5) is 83.4. The molecule has 1 aliphatic heterocycles. The Balaban J connectivity index is -0.000000335. The SMILES string of the molecule is CC.CCC(=O)O.CCCC.CCCCCCCCCC(=O)CC.CCCCCCCCCC(=O)CC(C)CC.CCCCCCCCOC(=O)CN(CC(=O)OCCCCCCCC)CC(=O)C1CCC1.CCCOC(=O)N1CCC(C)C1. The number of Topliss-reactive ketones (excluding diaryl/α,β-unsaturated/α-hetero) is 3. The number of hydrogen-bond acceptors (Lipinski definition) is 11. The highest BCUT2D eigenvalue weighted by Gasteiger charge is 2.28. The van der Waals surface area contributed by atoms with Crippen LogP contribution in [0.1, 0.15) is 347 Å². The number of carboxylic acid groups (broad SMARTS) is 1. The Labute approximate surface area is 519 Å². The minimum atomic E-state index is -0.745. The van der Waals surface area contributed by atoms with Crippen molar-refractivity contribution in [3.63, 3.8) is 0 Å². The largest absolute Gasteiger partial charge is 0.481 e. The van der Waals surface area contributed by atoms with Crippen molar-refractivity contribution >= 4 is 41.4 Å². The molecule has 0 bridgehead atoms. The summed E-state index contributed by atoms with van der Waals surface area (Å²) in [5, 5.41) is 7.72. The molecule has 1 saturated heterocycles. The Morgan fingerprint density at radius 1 is 0.476 bits per heavy atom. The van der Waals surface area contributed by atoms with Gasteiger partial charge in [0.2, 0.25) is 0 Å². The highest BCUT2D eigenvalue weighted by Crippen LogP contribution is 2.27. The van der Waals surface area contributed by atoms with Crippen LogP contribution in [-0.2, 0) is 43.0 Å². The predicted octanol–water partition coefficient (Wildman–Crippen LogP) is 19.9. The summed E-state index contributed by atoms with van der Waals surface area (Å²) in [5.41, 5.74) is 0. The number of carboxylic acids is 1. The molecule has 0 radical (unpaired) electrons. The molecule has 2 fully saturated rings. The molecule has 500 valence electrons. The lowest BCUT2D eigenvalue weighted by Gasteiger charge is -2.27. The fourth-order valence-corrected chi connectivity index (χ4v) is 8.59. The summed E-state index contributed by atoms with van der Waals surface area (Å²) in [6.07, 6.45) is 43.6. The van der Waals surface area contributed by atoms with Crippen molar-refractivity contribution in [1.29, 1.82) is 0 Å². The van der Waals surface area contributed by atoms with Gasteiger partial charge in [-0.2, -0.15) is 0 Å². The van der Waals surface area contributed by atoms with E-state index in [0.717, 1.165) is 129 Å². The van der Waals surface area contributed by atoms with Crippen LogP contribution in [0.4, 0.5) is 4.79 Å². The maximum Gasteiger partial charge on any atom is 0.409 e. The summed E-state index contributed by atoms with van der Waals surface area (Å²) in [6.45, 7) is 32.4. The Bertz CT molecular complexity index is 1440. The molecule has 1 saturated carbocycles. The third kappa shape index (κ3) is 69.4. The van der Waals surface area contributed by atoms with Gasteiger partial charge in [0.15, 0.2) is 0 Å². The van der Waals surface area contributed by atoms with E-state index in [9.17, 15) is 33.6 Å². The summed E-state index contributed by atoms with van der Waals surface area (Å²) in [7, 11) is 0. The topological polar surface area (TPSA) is 174 Å². The van der Waals surface area contributed by atoms with Crippen LogP contribution in [0.3, 0.4) is 0 Å². The van der Waals surface area contributed by atoms with Crippen molar-refractivity contribution in [2.75, 3.05) is 52.5 Å². The molecule has 2 rings (SSSR count). The quantitative estimate of drug-likeness (QED) is 0.0348. The number of ketones is 3. The minimum Gasteiger partial charge on any atom is -0.481 e. The van der Waals surface area contributed by atoms with Crippen molar-refractivity contribution in [1.82, 2.24) is 9.80 Å². The fourth-order valence-electron chi connectivity index (χ4n) is 8.59. The van der Waals surface area contributed by atoms with Crippen LogP contribution in [0.2, 0.25) is 0 Å². The van der Waals surface area contributed by atoms with Crippen molar-refractivity contribution in [3.05, 3.63) is 0 Å². The molecule has 13 heteroatoms. The first-order chi connectivity index (χ1) is 40.5. The number of carbonyl (C=O) groups is 7. The van der Waals surface area contributed by atoms with Crippen molar-refractivity contribution in [2.45, 2.75) is 347 Å². The third-order valence-electron chi connectivity index (χ3n) is 14.9. The van der Waals surface area contributed by atoms with Crippen molar-refractivity contribution < 1.29 is 52.9 Å². The number of carbonyl (C=O) groups excluding carboxylic acids is 6. The van der Waals surface area contributed by atoms with Gasteiger partial charge >= 0.3 is 24.0 Å². The molecule has 13 nitrogen and oxygen atoms in total. The van der Waals surface area contributed by atoms with Crippen LogP contribution in [0, 0.1) is 17.8 Å². The number of likely N-dealkylation sites (tertiary alicyclic amines) is 1. The van der Waals surface area contributed by atoms with Crippen molar-refractivity contribution in [2.24, 2.45) is 17.8 Å². The van der Waals surface area contributed by atoms with Gasteiger partial charge in [-0.1, -0.05) is 264 Å². The molecule has 2 unspecified atom stereocenters. The Hall–Kier alpha value is -3.35. The molecule has 0 aromatic rings. The molecule has 0 aromatic carbocycles. The second-order valence-electron chi connectivity index (χ2n) is 23.3. The molecule has 84 heavy (non-hydrogen) atoms. The molecule has 1 amide bonds. The lowest BCUT2D eigenvalue weighted by Crippen LogP contribution is -2.42. The van der Waals surface area contributed by atoms with Gasteiger partial charge in [-0.15, -0.1) is 0 Å². The molecular formula is C71H140N2O11. The lowest BCUT2D eigenvalue weighted by atomic mass is 9.82. The van der Waals surface area contributed by atoms with Gasteiger partial charge in [0.1, 0.15) is 17.3 Å². The smallest absolute Gasteiger partial charge is 0.409 e. The number of unbranched alkanes of at least 4 members (excludes halogenated alkanes) is 23. The van der Waals surface area contributed by atoms with Gasteiger partial charge in [0.05, 0.1) is 39.5 Å². The molecule has 1 heterocycles. The first kappa shape index (κ1) is 89.4. The predicted molar refractivity (Wildman–Crippen MR) is 354 cm³/mol. The van der Waals surface area contributed by atoms with Gasteiger partial charge in [-0.05, 0) is 63.2 Å². The van der Waals surface area contributed by atoms with E-state index in [4.69, 9.17) is 19.3 Å². The average Bonchev–Trinajstić information content (AvgIpc) is 4.04. The van der Waals surface area contributed by atoms with E-state index in [0.29, 0.717) is 43.2 Å². The first-order valence-corrected chi connectivity index (χ1v) is 35.2. The van der Waals surface area contributed by atoms with Gasteiger partial charge in [0, 0.05) is 51.1 Å². The monoisotopic (exact) mass is 1200 g/mol. The van der Waals surface area contributed by atoms with E-state index in [1.807, 2.05) is 27.7 Å². The number of nitrogens with zero attached hydrogens (tertiary/aromatic N) is 2. The molecule has 0 spiro atoms. The van der Waals surface area contributed by atoms with Crippen LogP contribution >= 0.6 is 0 Å². The molecule has 1 N–H and O–H groups in total. The Morgan fingerprint density at radius 3 is 1.19 bits per heavy atom. The van der Waals surface area contributed by atoms with Crippen LogP contribution in [0.5, 0.6) is 0 Å². The van der Waals surface area contributed by atoms with Gasteiger partial charge in [-0.3, -0.25) is 33.7 Å². The van der Waals surface area contributed by atoms with E-state index in [-0.39, 0.29) is 55.8 Å². The lowest BCUT2D eigenvalue weighted by molar-refractivity contribution is -0.149. The van der Waals surface area contributed by atoms with E-state index in [2.05, 4.69) is 62.3 Å². The maximum atomic E-state index is 12.4. The van der Waals surface area contributed by atoms with Gasteiger partial charge in [-0.25, -0.2) is 4.79 Å². The molecule has 1 aliphatic carbocycles. The fraction of sp³-hybridized carbons (Fsp3) is 0.901. The van der Waals surface area contributed by atoms with Crippen LogP contribution in [0.25, 0.3) is 0 Å². The van der Waals surface area contributed by atoms with E-state index in [1.54, 1.807) is 16.7 Å². The van der Waals surface area contributed by atoms with Crippen LogP contribution in [0.15, 0.2) is 0 Å². The molecular weight excluding hydrogens is 1060 g/mol. The zero-order valence-electron chi connectivity index (χ0n) is 57.9. The van der Waals surface area contributed by atoms with Crippen LogP contribution in [-0.4, -0.2) is 109 Å². The standard InChI is InChI=1S/C26H47NO5.C15H30O.C12H24O.C9H17NO2.C4H10.C3H6O2.C2H6/c1-3-5-7-9-11-13-18-31-25(29)21-27(20-24(28)23-16-15-17-23)22-26(30)32-19-14-12-10-8-6-4-2;1-4-6-7-8-9-10-11-12-15(16)13-14(3)5-2;1-3-5-6-7-8-9-10-11-12(13)4-2;1-3-6-12-9(11)10-5-4-8(2)7-10;1-3-4-2;1-2-3(4)5;1-2/h23H,3-22H2,1-2H3;14H,4-13H2,1-3H3;3-11H2,1-2H3;8H,3-7H2,1-2H3;3-4H2,1-2H3;2H2,1H3,(H,4,5);1-2H3. The number of aliphatic carboxylic acids is 1. The zero-order valence-corrected chi connectivity index (χ0v) is 57.9. The van der Waals surface area contributed by atoms with Gasteiger partial charge in [0.25, 0.3) is 0 Å². The van der Waals surface area contributed by atoms with Crippen LogP contribution < -0.4 is 0 Å². The Morgan fingerprint density at radius 2 is 0.869 bits per heavy atom. The third-order valence-corrected chi connectivity index (χ3v) is 14.9. The normalized spacial score (nSPS) is 13.4. The van der Waals surface area contributed by atoms with E-state index in [1.165, 1.54) is 128 Å². The molecule has 2 atom stereocenters. The number of rotatable bonds is 45. The molecule has 2 aliphatic rings. The number of esters is 2. The highest BCUT2D eigenvalue weighted by molar-refractivity contribution is 5.85. The Kier molecular flexibility index (Phi) is 76.8. The number of hydrogen-bond donors (Lipinski definition) is 1. The number of ether oxygens (including phenoxy) is 3. The van der Waals surface area contributed by atoms with E-state index < -0.39 is 5.97 Å². The van der Waals surface area contributed by atoms with E-state index >= 15 is 0 Å². The minimum absolute atomic E-state index is 0.0413. The summed E-state index contributed by atoms with van der Waals surface area (Å²) in [6, 6.07) is 0. The van der Waals surface area contributed by atoms with Crippen molar-refractivity contribution in [3.8, 4) is 0 Å². The first-order valence-electron chi connectivity index (χ1n) is 35.2. The number of amides is 1. The van der Waals surface area contributed by atoms with Gasteiger partial charge < -0.3 is 24.2 Å². The maximum absolute atomic E-state index is 12.4. The summed E-state index contributed by atoms with van der Waals surface area (Å²) >= 11 is 0. The average molecular weight is 1200 g/mol. The summed E-state index contributed by atoms with van der Waals surface area (Å²) < 4.78 is 15.7. The highest BCUT2D eigenvalue weighted by atomic mass is 16.6. The summed E-state index contributed by atoms with van der Waals surface area (Å²) in [5.74, 6) is 0.824. The zero-order chi connectivity index (χ0) is 64.3. The molecule has 0 aromatic heterocycles. The second kappa shape index (κ2) is 72.1.